The van der Waals surface area contributed by atoms with E-state index < -0.39 is 0 Å². The summed E-state index contributed by atoms with van der Waals surface area (Å²) < 4.78 is 0. The van der Waals surface area contributed by atoms with Gasteiger partial charge in [0.15, 0.2) is 0 Å². The third-order valence-electron chi connectivity index (χ3n) is 3.69. The fourth-order valence-electron chi connectivity index (χ4n) is 2.45. The molecule has 2 heterocycles. The van der Waals surface area contributed by atoms with Crippen LogP contribution in [0.5, 0.6) is 0 Å². The van der Waals surface area contributed by atoms with Crippen LogP contribution in [0, 0.1) is 0 Å². The van der Waals surface area contributed by atoms with Crippen molar-refractivity contribution in [2.75, 3.05) is 46.8 Å². The monoisotopic (exact) mass is 281 g/mol. The minimum Gasteiger partial charge on any atom is -0.339 e. The second kappa shape index (κ2) is 6.50. The summed E-state index contributed by atoms with van der Waals surface area (Å²) in [4.78, 5) is 18.4. The molecule has 1 aliphatic rings. The van der Waals surface area contributed by atoms with Gasteiger partial charge in [-0.25, -0.2) is 0 Å². The Kier molecular flexibility index (Phi) is 4.96. The highest BCUT2D eigenvalue weighted by Crippen LogP contribution is 2.23. The first-order chi connectivity index (χ1) is 9.08. The summed E-state index contributed by atoms with van der Waals surface area (Å²) in [7, 11) is 3.87. The van der Waals surface area contributed by atoms with Crippen LogP contribution in [0.4, 0.5) is 0 Å². The zero-order chi connectivity index (χ0) is 13.8. The third kappa shape index (κ3) is 3.78. The Balaban J connectivity index is 1.84. The molecule has 0 unspecified atom stereocenters. The fourth-order valence-corrected chi connectivity index (χ4v) is 3.20. The van der Waals surface area contributed by atoms with E-state index in [0.717, 1.165) is 26.2 Å². The zero-order valence-corrected chi connectivity index (χ0v) is 12.8. The van der Waals surface area contributed by atoms with Crippen LogP contribution in [0.15, 0.2) is 16.8 Å². The van der Waals surface area contributed by atoms with Crippen molar-refractivity contribution in [3.63, 3.8) is 0 Å². The molecule has 1 aromatic rings. The van der Waals surface area contributed by atoms with Gasteiger partial charge < -0.3 is 9.80 Å². The molecule has 106 valence electrons. The van der Waals surface area contributed by atoms with E-state index in [1.54, 1.807) is 11.3 Å². The molecular formula is C14H23N3OS. The van der Waals surface area contributed by atoms with E-state index in [4.69, 9.17) is 0 Å². The predicted octanol–water partition coefficient (Wildman–Crippen LogP) is 1.51. The van der Waals surface area contributed by atoms with Crippen LogP contribution in [-0.4, -0.2) is 67.4 Å². The van der Waals surface area contributed by atoms with Crippen molar-refractivity contribution in [1.82, 2.24) is 14.7 Å². The molecule has 1 fully saturated rings. The second-order valence-corrected chi connectivity index (χ2v) is 6.17. The number of carbonyl (C=O) groups excluding carboxylic acids is 1. The maximum atomic E-state index is 12.0. The van der Waals surface area contributed by atoms with Crippen LogP contribution in [-0.2, 0) is 4.79 Å². The zero-order valence-electron chi connectivity index (χ0n) is 12.0. The van der Waals surface area contributed by atoms with Gasteiger partial charge in [0.1, 0.15) is 0 Å². The SMILES string of the molecule is C[C@H](c1ccsc1)N1CCN(C(=O)CN(C)C)CC1. The van der Waals surface area contributed by atoms with Crippen LogP contribution in [0.2, 0.25) is 0 Å². The van der Waals surface area contributed by atoms with Crippen molar-refractivity contribution < 1.29 is 4.79 Å². The molecule has 1 atom stereocenters. The van der Waals surface area contributed by atoms with E-state index in [-0.39, 0.29) is 5.91 Å². The van der Waals surface area contributed by atoms with E-state index in [2.05, 4.69) is 28.7 Å². The first kappa shape index (κ1) is 14.5. The molecule has 1 amide bonds. The number of hydrogen-bond donors (Lipinski definition) is 0. The van der Waals surface area contributed by atoms with Gasteiger partial charge in [-0.05, 0) is 43.4 Å². The molecule has 4 nitrogen and oxygen atoms in total. The molecule has 0 spiro atoms. The normalized spacial score (nSPS) is 18.8. The molecule has 0 N–H and O–H groups in total. The van der Waals surface area contributed by atoms with Crippen molar-refractivity contribution in [3.8, 4) is 0 Å². The van der Waals surface area contributed by atoms with E-state index in [1.165, 1.54) is 5.56 Å². The molecule has 1 aliphatic heterocycles. The van der Waals surface area contributed by atoms with Gasteiger partial charge in [-0.2, -0.15) is 11.3 Å². The minimum atomic E-state index is 0.243. The average Bonchev–Trinajstić information content (AvgIpc) is 2.91. The van der Waals surface area contributed by atoms with Crippen molar-refractivity contribution >= 4 is 17.2 Å². The molecular weight excluding hydrogens is 258 g/mol. The molecule has 5 heteroatoms. The highest BCUT2D eigenvalue weighted by molar-refractivity contribution is 7.07. The van der Waals surface area contributed by atoms with Gasteiger partial charge in [-0.1, -0.05) is 0 Å². The number of thiophene rings is 1. The number of amides is 1. The summed E-state index contributed by atoms with van der Waals surface area (Å²) in [6.45, 7) is 6.40. The van der Waals surface area contributed by atoms with Gasteiger partial charge in [0.05, 0.1) is 6.54 Å². The number of hydrogen-bond acceptors (Lipinski definition) is 4. The Hall–Kier alpha value is -0.910. The fraction of sp³-hybridized carbons (Fsp3) is 0.643. The van der Waals surface area contributed by atoms with Crippen molar-refractivity contribution in [3.05, 3.63) is 22.4 Å². The summed E-state index contributed by atoms with van der Waals surface area (Å²) in [5, 5.41) is 4.34. The number of nitrogens with zero attached hydrogens (tertiary/aromatic N) is 3. The Morgan fingerprint density at radius 1 is 1.37 bits per heavy atom. The van der Waals surface area contributed by atoms with E-state index in [9.17, 15) is 4.79 Å². The van der Waals surface area contributed by atoms with Gasteiger partial charge in [-0.3, -0.25) is 9.69 Å². The number of likely N-dealkylation sites (N-methyl/N-ethyl adjacent to an activating group) is 1. The maximum absolute atomic E-state index is 12.0. The highest BCUT2D eigenvalue weighted by atomic mass is 32.1. The van der Waals surface area contributed by atoms with Crippen molar-refractivity contribution in [1.29, 1.82) is 0 Å². The van der Waals surface area contributed by atoms with Gasteiger partial charge in [0.25, 0.3) is 0 Å². The van der Waals surface area contributed by atoms with Crippen molar-refractivity contribution in [2.24, 2.45) is 0 Å². The maximum Gasteiger partial charge on any atom is 0.236 e. The minimum absolute atomic E-state index is 0.243. The average molecular weight is 281 g/mol. The lowest BCUT2D eigenvalue weighted by atomic mass is 10.1. The molecule has 0 bridgehead atoms. The Morgan fingerprint density at radius 3 is 2.58 bits per heavy atom. The highest BCUT2D eigenvalue weighted by Gasteiger charge is 2.24. The second-order valence-electron chi connectivity index (χ2n) is 5.39. The number of carbonyl (C=O) groups is 1. The van der Waals surface area contributed by atoms with Gasteiger partial charge in [0, 0.05) is 32.2 Å². The lowest BCUT2D eigenvalue weighted by Gasteiger charge is -2.38. The molecule has 19 heavy (non-hydrogen) atoms. The van der Waals surface area contributed by atoms with E-state index >= 15 is 0 Å². The standard InChI is InChI=1S/C14H23N3OS/c1-12(13-4-9-19-11-13)16-5-7-17(8-6-16)14(18)10-15(2)3/h4,9,11-12H,5-8,10H2,1-3H3/t12-/m1/s1. The summed E-state index contributed by atoms with van der Waals surface area (Å²) in [5.74, 6) is 0.243. The van der Waals surface area contributed by atoms with E-state index in [1.807, 2.05) is 23.9 Å². The topological polar surface area (TPSA) is 26.8 Å². The molecule has 1 aromatic heterocycles. The Morgan fingerprint density at radius 2 is 2.05 bits per heavy atom. The number of rotatable bonds is 4. The molecule has 2 rings (SSSR count). The molecule has 0 aliphatic carbocycles. The Labute approximate surface area is 119 Å². The van der Waals surface area contributed by atoms with Crippen molar-refractivity contribution in [2.45, 2.75) is 13.0 Å². The first-order valence-corrected chi connectivity index (χ1v) is 7.71. The van der Waals surface area contributed by atoms with Gasteiger partial charge >= 0.3 is 0 Å². The third-order valence-corrected chi connectivity index (χ3v) is 4.39. The molecule has 1 saturated heterocycles. The van der Waals surface area contributed by atoms with Crippen LogP contribution in [0.3, 0.4) is 0 Å². The summed E-state index contributed by atoms with van der Waals surface area (Å²) in [6.07, 6.45) is 0. The van der Waals surface area contributed by atoms with Crippen LogP contribution < -0.4 is 0 Å². The van der Waals surface area contributed by atoms with Crippen LogP contribution in [0.25, 0.3) is 0 Å². The lowest BCUT2D eigenvalue weighted by Crippen LogP contribution is -2.51. The predicted molar refractivity (Wildman–Crippen MR) is 79.4 cm³/mol. The lowest BCUT2D eigenvalue weighted by molar-refractivity contribution is -0.133. The number of piperazine rings is 1. The molecule has 0 aromatic carbocycles. The molecule has 0 saturated carbocycles. The first-order valence-electron chi connectivity index (χ1n) is 6.76. The summed E-state index contributed by atoms with van der Waals surface area (Å²) in [5.41, 5.74) is 1.39. The van der Waals surface area contributed by atoms with Gasteiger partial charge in [0.2, 0.25) is 5.91 Å². The Bertz CT molecular complexity index is 397. The van der Waals surface area contributed by atoms with E-state index in [0.29, 0.717) is 12.6 Å². The summed E-state index contributed by atoms with van der Waals surface area (Å²) in [6, 6.07) is 2.65. The summed E-state index contributed by atoms with van der Waals surface area (Å²) >= 11 is 1.75. The van der Waals surface area contributed by atoms with Gasteiger partial charge in [-0.15, -0.1) is 0 Å². The molecule has 0 radical (unpaired) electrons. The van der Waals surface area contributed by atoms with Crippen LogP contribution in [0.1, 0.15) is 18.5 Å². The largest absolute Gasteiger partial charge is 0.339 e. The van der Waals surface area contributed by atoms with Crippen LogP contribution >= 0.6 is 11.3 Å². The quantitative estimate of drug-likeness (QED) is 0.837. The smallest absolute Gasteiger partial charge is 0.236 e.